The summed E-state index contributed by atoms with van der Waals surface area (Å²) in [6.45, 7) is 0. The van der Waals surface area contributed by atoms with Crippen molar-refractivity contribution in [2.45, 2.75) is 38.1 Å². The van der Waals surface area contributed by atoms with Gasteiger partial charge in [-0.05, 0) is 40.9 Å². The highest BCUT2D eigenvalue weighted by Gasteiger charge is 2.27. The first-order valence-electron chi connectivity index (χ1n) is 6.99. The van der Waals surface area contributed by atoms with Crippen molar-refractivity contribution in [3.63, 3.8) is 0 Å². The van der Waals surface area contributed by atoms with Gasteiger partial charge in [-0.3, -0.25) is 14.9 Å². The van der Waals surface area contributed by atoms with E-state index in [2.05, 4.69) is 21.2 Å². The van der Waals surface area contributed by atoms with Crippen LogP contribution in [-0.2, 0) is 4.79 Å². The molecule has 1 aromatic rings. The van der Waals surface area contributed by atoms with Crippen LogP contribution in [0, 0.1) is 16.0 Å². The van der Waals surface area contributed by atoms with Crippen LogP contribution < -0.4 is 11.1 Å². The molecule has 1 aromatic carbocycles. The van der Waals surface area contributed by atoms with Gasteiger partial charge in [0.1, 0.15) is 0 Å². The molecule has 3 N–H and O–H groups in total. The molecule has 0 aromatic heterocycles. The van der Waals surface area contributed by atoms with Crippen molar-refractivity contribution in [3.05, 3.63) is 32.8 Å². The molecule has 21 heavy (non-hydrogen) atoms. The minimum absolute atomic E-state index is 0.0285. The van der Waals surface area contributed by atoms with Crippen molar-refractivity contribution in [2.75, 3.05) is 5.32 Å². The SMILES string of the molecule is NC1CCCCCC1C(=O)Nc1ccc([N+](=O)[O-])c(Br)c1. The number of nitro benzene ring substituents is 1. The summed E-state index contributed by atoms with van der Waals surface area (Å²) in [6, 6.07) is 4.32. The van der Waals surface area contributed by atoms with Crippen molar-refractivity contribution in [2.24, 2.45) is 11.7 Å². The zero-order valence-electron chi connectivity index (χ0n) is 11.5. The molecule has 1 saturated carbocycles. The van der Waals surface area contributed by atoms with Gasteiger partial charge in [0.2, 0.25) is 5.91 Å². The number of amides is 1. The highest BCUT2D eigenvalue weighted by molar-refractivity contribution is 9.10. The predicted octanol–water partition coefficient (Wildman–Crippen LogP) is 3.20. The van der Waals surface area contributed by atoms with E-state index in [1.165, 1.54) is 18.2 Å². The van der Waals surface area contributed by atoms with Gasteiger partial charge >= 0.3 is 0 Å². The Bertz CT molecular complexity index is 550. The Hall–Kier alpha value is -1.47. The number of anilines is 1. The molecule has 2 atom stereocenters. The Kier molecular flexibility index (Phi) is 5.30. The fraction of sp³-hybridized carbons (Fsp3) is 0.500. The molecule has 6 nitrogen and oxygen atoms in total. The fourth-order valence-corrected chi connectivity index (χ4v) is 3.15. The molecule has 1 aliphatic rings. The summed E-state index contributed by atoms with van der Waals surface area (Å²) in [5, 5.41) is 13.6. The number of nitro groups is 1. The van der Waals surface area contributed by atoms with E-state index in [4.69, 9.17) is 5.73 Å². The van der Waals surface area contributed by atoms with Gasteiger partial charge in [-0.2, -0.15) is 0 Å². The summed E-state index contributed by atoms with van der Waals surface area (Å²) < 4.78 is 0.343. The van der Waals surface area contributed by atoms with Crippen molar-refractivity contribution in [1.82, 2.24) is 0 Å². The van der Waals surface area contributed by atoms with Crippen LogP contribution in [-0.4, -0.2) is 16.9 Å². The summed E-state index contributed by atoms with van der Waals surface area (Å²) >= 11 is 3.14. The van der Waals surface area contributed by atoms with E-state index < -0.39 is 4.92 Å². The monoisotopic (exact) mass is 355 g/mol. The molecule has 0 spiro atoms. The van der Waals surface area contributed by atoms with Crippen LogP contribution in [0.25, 0.3) is 0 Å². The molecular formula is C14H18BrN3O3. The summed E-state index contributed by atoms with van der Waals surface area (Å²) in [6.07, 6.45) is 4.84. The smallest absolute Gasteiger partial charge is 0.283 e. The number of benzene rings is 1. The molecule has 0 aliphatic heterocycles. The lowest BCUT2D eigenvalue weighted by atomic mass is 9.94. The van der Waals surface area contributed by atoms with Gasteiger partial charge < -0.3 is 11.1 Å². The second-order valence-electron chi connectivity index (χ2n) is 5.32. The maximum Gasteiger partial charge on any atom is 0.283 e. The number of hydrogen-bond acceptors (Lipinski definition) is 4. The first-order valence-corrected chi connectivity index (χ1v) is 7.78. The van der Waals surface area contributed by atoms with Gasteiger partial charge in [-0.1, -0.05) is 19.3 Å². The van der Waals surface area contributed by atoms with Gasteiger partial charge in [0.15, 0.2) is 0 Å². The van der Waals surface area contributed by atoms with Crippen molar-refractivity contribution in [1.29, 1.82) is 0 Å². The molecule has 7 heteroatoms. The van der Waals surface area contributed by atoms with Crippen LogP contribution in [0.15, 0.2) is 22.7 Å². The molecular weight excluding hydrogens is 338 g/mol. The number of halogens is 1. The Morgan fingerprint density at radius 3 is 2.71 bits per heavy atom. The van der Waals surface area contributed by atoms with E-state index in [1.54, 1.807) is 0 Å². The third kappa shape index (κ3) is 4.01. The second-order valence-corrected chi connectivity index (χ2v) is 6.18. The number of nitrogens with one attached hydrogen (secondary N) is 1. The maximum absolute atomic E-state index is 12.3. The van der Waals surface area contributed by atoms with Crippen LogP contribution in [0.5, 0.6) is 0 Å². The third-order valence-corrected chi connectivity index (χ3v) is 4.45. The molecule has 1 aliphatic carbocycles. The molecule has 0 heterocycles. The molecule has 114 valence electrons. The molecule has 1 amide bonds. The lowest BCUT2D eigenvalue weighted by Crippen LogP contribution is -2.37. The van der Waals surface area contributed by atoms with Crippen LogP contribution in [0.4, 0.5) is 11.4 Å². The largest absolute Gasteiger partial charge is 0.327 e. The van der Waals surface area contributed by atoms with Crippen molar-refractivity contribution in [3.8, 4) is 0 Å². The quantitative estimate of drug-likeness (QED) is 0.494. The summed E-state index contributed by atoms with van der Waals surface area (Å²) in [4.78, 5) is 22.6. The van der Waals surface area contributed by atoms with E-state index in [0.29, 0.717) is 10.2 Å². The van der Waals surface area contributed by atoms with E-state index in [0.717, 1.165) is 32.1 Å². The van der Waals surface area contributed by atoms with Gasteiger partial charge in [-0.15, -0.1) is 0 Å². The molecule has 1 fully saturated rings. The van der Waals surface area contributed by atoms with Gasteiger partial charge in [0, 0.05) is 17.8 Å². The van der Waals surface area contributed by atoms with Gasteiger partial charge in [0.25, 0.3) is 5.69 Å². The summed E-state index contributed by atoms with van der Waals surface area (Å²) in [5.74, 6) is -0.299. The average molecular weight is 356 g/mol. The van der Waals surface area contributed by atoms with Crippen LogP contribution in [0.1, 0.15) is 32.1 Å². The molecule has 2 rings (SSSR count). The zero-order valence-corrected chi connectivity index (χ0v) is 13.1. The number of carbonyl (C=O) groups is 1. The molecule has 0 radical (unpaired) electrons. The number of nitrogens with zero attached hydrogens (tertiary/aromatic N) is 1. The highest BCUT2D eigenvalue weighted by atomic mass is 79.9. The number of hydrogen-bond donors (Lipinski definition) is 2. The highest BCUT2D eigenvalue weighted by Crippen LogP contribution is 2.29. The third-order valence-electron chi connectivity index (χ3n) is 3.82. The van der Waals surface area contributed by atoms with Crippen molar-refractivity contribution < 1.29 is 9.72 Å². The standard InChI is InChI=1S/C14H18BrN3O3/c15-11-8-9(6-7-13(11)18(20)21)17-14(19)10-4-2-1-3-5-12(10)16/h6-8,10,12H,1-5,16H2,(H,17,19). The molecule has 0 saturated heterocycles. The van der Waals surface area contributed by atoms with Crippen LogP contribution in [0.2, 0.25) is 0 Å². The van der Waals surface area contributed by atoms with Crippen molar-refractivity contribution >= 4 is 33.2 Å². The van der Waals surface area contributed by atoms with E-state index in [-0.39, 0.29) is 23.6 Å². The number of rotatable bonds is 3. The van der Waals surface area contributed by atoms with E-state index in [9.17, 15) is 14.9 Å². The lowest BCUT2D eigenvalue weighted by Gasteiger charge is -2.20. The fourth-order valence-electron chi connectivity index (χ4n) is 2.63. The average Bonchev–Trinajstić information content (AvgIpc) is 2.63. The van der Waals surface area contributed by atoms with Crippen LogP contribution in [0.3, 0.4) is 0 Å². The Morgan fingerprint density at radius 2 is 2.05 bits per heavy atom. The summed E-state index contributed by atoms with van der Waals surface area (Å²) in [7, 11) is 0. The molecule has 0 bridgehead atoms. The van der Waals surface area contributed by atoms with E-state index >= 15 is 0 Å². The number of nitrogens with two attached hydrogens (primary N) is 1. The van der Waals surface area contributed by atoms with Crippen LogP contribution >= 0.6 is 15.9 Å². The Morgan fingerprint density at radius 1 is 1.33 bits per heavy atom. The zero-order chi connectivity index (χ0) is 15.4. The topological polar surface area (TPSA) is 98.3 Å². The Labute approximate surface area is 131 Å². The maximum atomic E-state index is 12.3. The first-order chi connectivity index (χ1) is 9.99. The van der Waals surface area contributed by atoms with Gasteiger partial charge in [-0.25, -0.2) is 0 Å². The molecule has 2 unspecified atom stereocenters. The first kappa shape index (κ1) is 15.9. The summed E-state index contributed by atoms with van der Waals surface area (Å²) in [5.41, 5.74) is 6.58. The van der Waals surface area contributed by atoms with Gasteiger partial charge in [0.05, 0.1) is 15.3 Å². The normalized spacial score (nSPS) is 22.4. The predicted molar refractivity (Wildman–Crippen MR) is 84.0 cm³/mol. The second kappa shape index (κ2) is 7.00. The van der Waals surface area contributed by atoms with E-state index in [1.807, 2.05) is 0 Å². The number of carbonyl (C=O) groups excluding carboxylic acids is 1. The lowest BCUT2D eigenvalue weighted by molar-refractivity contribution is -0.385. The minimum atomic E-state index is -0.475. The minimum Gasteiger partial charge on any atom is -0.327 e. The Balaban J connectivity index is 2.08.